The molecule has 14 heavy (non-hydrogen) atoms. The van der Waals surface area contributed by atoms with Gasteiger partial charge in [0.1, 0.15) is 9.84 Å². The van der Waals surface area contributed by atoms with E-state index in [0.29, 0.717) is 17.4 Å². The summed E-state index contributed by atoms with van der Waals surface area (Å²) in [4.78, 5) is 1.23. The summed E-state index contributed by atoms with van der Waals surface area (Å²) in [5.74, 6) is 1.06. The van der Waals surface area contributed by atoms with Gasteiger partial charge in [-0.15, -0.1) is 11.3 Å². The molecule has 1 aliphatic rings. The van der Waals surface area contributed by atoms with Crippen molar-refractivity contribution < 1.29 is 8.42 Å². The number of nitrogen functional groups attached to an aromatic ring is 1. The molecular weight excluding hydrogens is 218 g/mol. The molecule has 1 aromatic rings. The smallest absolute Gasteiger partial charge is 0.150 e. The molecule has 0 bridgehead atoms. The molecule has 0 atom stereocenters. The largest absolute Gasteiger partial charge is 0.391 e. The Hall–Kier alpha value is -0.550. The highest BCUT2D eigenvalue weighted by Gasteiger charge is 2.25. The molecule has 0 amide bonds. The Bertz CT molecular complexity index is 408. The molecular formula is C9H13NO2S2. The quantitative estimate of drug-likeness (QED) is 0.799. The number of rotatable bonds is 1. The van der Waals surface area contributed by atoms with E-state index >= 15 is 0 Å². The predicted octanol–water partition coefficient (Wildman–Crippen LogP) is 1.62. The minimum Gasteiger partial charge on any atom is -0.391 e. The van der Waals surface area contributed by atoms with Gasteiger partial charge in [-0.05, 0) is 30.9 Å². The monoisotopic (exact) mass is 231 g/mol. The van der Waals surface area contributed by atoms with Crippen molar-refractivity contribution in [3.8, 4) is 0 Å². The van der Waals surface area contributed by atoms with Crippen LogP contribution in [0.25, 0.3) is 0 Å². The van der Waals surface area contributed by atoms with Crippen molar-refractivity contribution in [2.45, 2.75) is 18.8 Å². The van der Waals surface area contributed by atoms with Crippen LogP contribution in [0.3, 0.4) is 0 Å². The Morgan fingerprint density at radius 1 is 1.29 bits per heavy atom. The number of thiophene rings is 1. The third-order valence-electron chi connectivity index (χ3n) is 2.60. The van der Waals surface area contributed by atoms with Gasteiger partial charge in [-0.25, -0.2) is 8.42 Å². The van der Waals surface area contributed by atoms with E-state index in [1.165, 1.54) is 4.88 Å². The summed E-state index contributed by atoms with van der Waals surface area (Å²) in [6.45, 7) is 0. The fraction of sp³-hybridized carbons (Fsp3) is 0.556. The van der Waals surface area contributed by atoms with E-state index < -0.39 is 9.84 Å². The highest BCUT2D eigenvalue weighted by Crippen LogP contribution is 2.34. The maximum atomic E-state index is 11.2. The van der Waals surface area contributed by atoms with Gasteiger partial charge in [-0.3, -0.25) is 0 Å². The molecule has 5 heteroatoms. The first-order valence-electron chi connectivity index (χ1n) is 4.62. The van der Waals surface area contributed by atoms with Crippen LogP contribution in [0.2, 0.25) is 0 Å². The first-order valence-corrected chi connectivity index (χ1v) is 7.26. The maximum Gasteiger partial charge on any atom is 0.150 e. The standard InChI is InChI=1S/C9H13NO2S2/c10-9-2-1-8(13-9)7-3-5-14(11,12)6-4-7/h1-2,7H,3-6,10H2. The van der Waals surface area contributed by atoms with Gasteiger partial charge in [-0.2, -0.15) is 0 Å². The maximum absolute atomic E-state index is 11.2. The molecule has 0 aliphatic carbocycles. The molecule has 2 N–H and O–H groups in total. The molecule has 2 heterocycles. The van der Waals surface area contributed by atoms with E-state index in [1.54, 1.807) is 11.3 Å². The van der Waals surface area contributed by atoms with Crippen LogP contribution in [0.1, 0.15) is 23.6 Å². The lowest BCUT2D eigenvalue weighted by Gasteiger charge is -2.20. The van der Waals surface area contributed by atoms with Crippen molar-refractivity contribution in [2.24, 2.45) is 0 Å². The molecule has 1 aliphatic heterocycles. The topological polar surface area (TPSA) is 60.2 Å². The second kappa shape index (κ2) is 3.55. The van der Waals surface area contributed by atoms with Crippen LogP contribution in [0, 0.1) is 0 Å². The second-order valence-corrected chi connectivity index (χ2v) is 7.12. The number of nitrogens with two attached hydrogens (primary N) is 1. The Labute approximate surface area is 87.9 Å². The molecule has 3 nitrogen and oxygen atoms in total. The van der Waals surface area contributed by atoms with Crippen LogP contribution < -0.4 is 5.73 Å². The zero-order chi connectivity index (χ0) is 10.2. The Morgan fingerprint density at radius 3 is 2.43 bits per heavy atom. The van der Waals surface area contributed by atoms with Gasteiger partial charge < -0.3 is 5.73 Å². The van der Waals surface area contributed by atoms with Crippen molar-refractivity contribution >= 4 is 26.2 Å². The van der Waals surface area contributed by atoms with Gasteiger partial charge in [0.2, 0.25) is 0 Å². The van der Waals surface area contributed by atoms with Gasteiger partial charge in [0.15, 0.2) is 0 Å². The van der Waals surface area contributed by atoms with E-state index in [0.717, 1.165) is 17.8 Å². The Kier molecular flexibility index (Phi) is 2.53. The average molecular weight is 231 g/mol. The van der Waals surface area contributed by atoms with Crippen molar-refractivity contribution in [3.05, 3.63) is 17.0 Å². The summed E-state index contributed by atoms with van der Waals surface area (Å²) in [7, 11) is -2.74. The van der Waals surface area contributed by atoms with E-state index in [-0.39, 0.29) is 0 Å². The molecule has 0 unspecified atom stereocenters. The van der Waals surface area contributed by atoms with Gasteiger partial charge in [0.05, 0.1) is 16.5 Å². The normalized spacial score (nSPS) is 22.3. The van der Waals surface area contributed by atoms with Gasteiger partial charge in [-0.1, -0.05) is 0 Å². The first kappa shape index (κ1) is 9.98. The third kappa shape index (κ3) is 2.09. The SMILES string of the molecule is Nc1ccc(C2CCS(=O)(=O)CC2)s1. The average Bonchev–Trinajstić information content (AvgIpc) is 2.52. The summed E-state index contributed by atoms with van der Waals surface area (Å²) in [5, 5.41) is 0.813. The summed E-state index contributed by atoms with van der Waals surface area (Å²) in [6, 6.07) is 3.91. The Morgan fingerprint density at radius 2 is 1.93 bits per heavy atom. The van der Waals surface area contributed by atoms with E-state index in [9.17, 15) is 8.42 Å². The minimum atomic E-state index is -2.74. The van der Waals surface area contributed by atoms with Crippen molar-refractivity contribution in [1.29, 1.82) is 0 Å². The molecule has 0 aromatic carbocycles. The number of hydrogen-bond acceptors (Lipinski definition) is 4. The van der Waals surface area contributed by atoms with Crippen LogP contribution >= 0.6 is 11.3 Å². The molecule has 0 saturated carbocycles. The first-order chi connectivity index (χ1) is 6.57. The summed E-state index contributed by atoms with van der Waals surface area (Å²) in [6.07, 6.45) is 1.50. The molecule has 0 radical (unpaired) electrons. The van der Waals surface area contributed by atoms with Crippen LogP contribution in [0.15, 0.2) is 12.1 Å². The van der Waals surface area contributed by atoms with Crippen LogP contribution in [0.5, 0.6) is 0 Å². The highest BCUT2D eigenvalue weighted by atomic mass is 32.2. The number of sulfone groups is 1. The fourth-order valence-corrected chi connectivity index (χ4v) is 4.20. The lowest BCUT2D eigenvalue weighted by Crippen LogP contribution is -2.21. The fourth-order valence-electron chi connectivity index (χ4n) is 1.76. The van der Waals surface area contributed by atoms with E-state index in [4.69, 9.17) is 5.73 Å². The zero-order valence-electron chi connectivity index (χ0n) is 7.77. The zero-order valence-corrected chi connectivity index (χ0v) is 9.40. The van der Waals surface area contributed by atoms with Crippen molar-refractivity contribution in [1.82, 2.24) is 0 Å². The third-order valence-corrected chi connectivity index (χ3v) is 5.40. The van der Waals surface area contributed by atoms with Crippen LogP contribution in [0.4, 0.5) is 5.00 Å². The van der Waals surface area contributed by atoms with E-state index in [2.05, 4.69) is 0 Å². The summed E-state index contributed by atoms with van der Waals surface area (Å²) in [5.41, 5.74) is 5.64. The molecule has 1 fully saturated rings. The Balaban J connectivity index is 2.09. The highest BCUT2D eigenvalue weighted by molar-refractivity contribution is 7.91. The minimum absolute atomic E-state index is 0.329. The van der Waals surface area contributed by atoms with Gasteiger partial charge in [0, 0.05) is 4.88 Å². The van der Waals surface area contributed by atoms with Gasteiger partial charge >= 0.3 is 0 Å². The second-order valence-electron chi connectivity index (χ2n) is 3.67. The molecule has 1 aromatic heterocycles. The molecule has 2 rings (SSSR count). The molecule has 78 valence electrons. The summed E-state index contributed by atoms with van der Waals surface area (Å²) >= 11 is 1.58. The van der Waals surface area contributed by atoms with E-state index in [1.807, 2.05) is 12.1 Å². The van der Waals surface area contributed by atoms with Crippen LogP contribution in [-0.4, -0.2) is 19.9 Å². The lowest BCUT2D eigenvalue weighted by atomic mass is 10.0. The molecule has 0 spiro atoms. The summed E-state index contributed by atoms with van der Waals surface area (Å²) < 4.78 is 22.4. The number of anilines is 1. The predicted molar refractivity (Wildman–Crippen MR) is 59.4 cm³/mol. The van der Waals surface area contributed by atoms with Crippen LogP contribution in [-0.2, 0) is 9.84 Å². The molecule has 1 saturated heterocycles. The van der Waals surface area contributed by atoms with Crippen molar-refractivity contribution in [2.75, 3.05) is 17.2 Å². The number of hydrogen-bond donors (Lipinski definition) is 1. The van der Waals surface area contributed by atoms with Crippen molar-refractivity contribution in [3.63, 3.8) is 0 Å². The lowest BCUT2D eigenvalue weighted by molar-refractivity contribution is 0.553. The van der Waals surface area contributed by atoms with Gasteiger partial charge in [0.25, 0.3) is 0 Å².